The number of benzene rings is 6. The Kier molecular flexibility index (Phi) is 17.3. The summed E-state index contributed by atoms with van der Waals surface area (Å²) in [4.78, 5) is 36.8. The fourth-order valence-electron chi connectivity index (χ4n) is 8.24. The average molecular weight is 1180 g/mol. The predicted molar refractivity (Wildman–Crippen MR) is 268 cm³/mol. The first kappa shape index (κ1) is 60.2. The topological polar surface area (TPSA) is 218 Å². The first-order valence-corrected chi connectivity index (χ1v) is 26.9. The van der Waals surface area contributed by atoms with Crippen LogP contribution in [0, 0.1) is 6.92 Å². The normalized spacial score (nSPS) is 14.0. The molecule has 81 heavy (non-hydrogen) atoms. The molecular weight excluding hydrogens is 1140 g/mol. The minimum atomic E-state index is -4.86. The number of aryl methyl sites for hydroxylation is 1. The van der Waals surface area contributed by atoms with Gasteiger partial charge in [0.05, 0.1) is 56.5 Å². The Morgan fingerprint density at radius 2 is 0.975 bits per heavy atom. The molecule has 0 fully saturated rings. The van der Waals surface area contributed by atoms with Crippen LogP contribution in [0.1, 0.15) is 53.3 Å². The monoisotopic (exact) mass is 1180 g/mol. The molecule has 0 aliphatic carbocycles. The molecule has 2 aliphatic heterocycles. The van der Waals surface area contributed by atoms with Crippen LogP contribution in [-0.4, -0.2) is 72.0 Å². The molecule has 10 rings (SSSR count). The summed E-state index contributed by atoms with van der Waals surface area (Å²) in [6.07, 6.45) is -17.2. The molecule has 0 unspecified atom stereocenters. The Morgan fingerprint density at radius 1 is 0.580 bits per heavy atom. The van der Waals surface area contributed by atoms with Gasteiger partial charge in [0.2, 0.25) is 11.6 Å². The zero-order valence-electron chi connectivity index (χ0n) is 42.2. The molecule has 428 valence electrons. The average Bonchev–Trinajstić information content (AvgIpc) is 4.15. The summed E-state index contributed by atoms with van der Waals surface area (Å²) in [5.41, 5.74) is 8.36. The van der Waals surface area contributed by atoms with E-state index in [0.29, 0.717) is 16.0 Å². The van der Waals surface area contributed by atoms with Gasteiger partial charge in [0.15, 0.2) is 42.7 Å². The lowest BCUT2D eigenvalue weighted by Crippen LogP contribution is -2.26. The molecule has 16 nitrogen and oxygen atoms in total. The third-order valence-electron chi connectivity index (χ3n) is 12.0. The second-order valence-electron chi connectivity index (χ2n) is 17.7. The number of anilines is 1. The molecule has 6 aromatic carbocycles. The van der Waals surface area contributed by atoms with Gasteiger partial charge in [-0.3, -0.25) is 4.79 Å². The number of nitrogen functional groups attached to an aromatic ring is 1. The van der Waals surface area contributed by atoms with Gasteiger partial charge in [-0.15, -0.1) is 17.6 Å². The highest BCUT2D eigenvalue weighted by Gasteiger charge is 2.46. The van der Waals surface area contributed by atoms with Crippen molar-refractivity contribution >= 4 is 59.4 Å². The van der Waals surface area contributed by atoms with E-state index in [9.17, 15) is 65.5 Å². The van der Waals surface area contributed by atoms with Crippen molar-refractivity contribution in [1.82, 2.24) is 19.1 Å². The third kappa shape index (κ3) is 14.3. The van der Waals surface area contributed by atoms with Crippen molar-refractivity contribution < 1.29 is 94.1 Å². The third-order valence-corrected chi connectivity index (χ3v) is 15.5. The quantitative estimate of drug-likeness (QED) is 0.0889. The van der Waals surface area contributed by atoms with Crippen LogP contribution in [0.25, 0.3) is 22.1 Å². The number of alkyl halides is 10. The van der Waals surface area contributed by atoms with Gasteiger partial charge in [-0.25, -0.2) is 26.8 Å². The van der Waals surface area contributed by atoms with Crippen LogP contribution in [0.3, 0.4) is 0 Å². The summed E-state index contributed by atoms with van der Waals surface area (Å²) in [5.74, 6) is -3.72. The summed E-state index contributed by atoms with van der Waals surface area (Å²) in [7, 11) is -6.39. The Labute approximate surface area is 453 Å². The lowest BCUT2D eigenvalue weighted by Gasteiger charge is -2.13. The molecule has 2 aromatic heterocycles. The van der Waals surface area contributed by atoms with Gasteiger partial charge in [0, 0.05) is 29.7 Å². The predicted octanol–water partition coefficient (Wildman–Crippen LogP) is 10.8. The Hall–Kier alpha value is -8.49. The van der Waals surface area contributed by atoms with Gasteiger partial charge in [0.1, 0.15) is 5.78 Å². The SMILES string of the molecule is CCS(=O)(=O)c1ccc(C)cc1.CCS(=O)(=O)c1ccc(CC(=O)Cc2ccc3c(c2)nc(C(F)(F)F)n3Cc2cccc3c2OC(F)(F)O3)cc1.Nc1ccc2c(c1)nc(C(F)(F)F)n2Cc1cccc2c1OC(F)(F)O2.O=C=O. The molecule has 2 N–H and O–H groups in total. The molecule has 0 atom stereocenters. The number of halogens is 10. The standard InChI is InChI=1S/C27H21F5N2O5S.C16H10F5N3O2.C9H12O2S.CO2/c1-2-40(36,37)20-9-6-16(7-10-20)12-19(35)13-17-8-11-22-21(14-17)33-25(26(28,29)30)34(22)15-18-4-3-5-23-24(18)39-27(31,32)38-23;17-15(18,19)14-23-10-6-9(22)4-5-11(10)24(14)7-8-2-1-3-12-13(8)26-16(20,21)25-12;1-3-12(10,11)9-6-4-8(2)5-7-9;2-1-3/h3-11,14H,2,12-13,15H2,1H3;1-6H,7,22H2;4-7H,3H2,1-2H3;. The molecule has 0 amide bonds. The number of carbonyl (C=O) groups is 1. The summed E-state index contributed by atoms with van der Waals surface area (Å²) in [6.45, 7) is 4.24. The van der Waals surface area contributed by atoms with Gasteiger partial charge in [-0.2, -0.15) is 35.9 Å². The van der Waals surface area contributed by atoms with E-state index in [1.54, 1.807) is 31.2 Å². The van der Waals surface area contributed by atoms with Gasteiger partial charge in [0.25, 0.3) is 0 Å². The van der Waals surface area contributed by atoms with E-state index in [1.165, 1.54) is 91.9 Å². The zero-order chi connectivity index (χ0) is 59.5. The Balaban J connectivity index is 0.000000196. The zero-order valence-corrected chi connectivity index (χ0v) is 43.9. The fraction of sp³-hybridized carbons (Fsp3) is 0.245. The number of imidazole rings is 2. The number of nitrogens with two attached hydrogens (primary N) is 1. The lowest BCUT2D eigenvalue weighted by molar-refractivity contribution is -0.287. The van der Waals surface area contributed by atoms with E-state index >= 15 is 0 Å². The molecule has 0 spiro atoms. The second-order valence-corrected chi connectivity index (χ2v) is 22.2. The first-order valence-electron chi connectivity index (χ1n) is 23.6. The molecular formula is C53H43F10N5O11S2. The van der Waals surface area contributed by atoms with Crippen LogP contribution >= 0.6 is 0 Å². The van der Waals surface area contributed by atoms with Gasteiger partial charge < -0.3 is 33.8 Å². The number of para-hydroxylation sites is 2. The van der Waals surface area contributed by atoms with Crippen molar-refractivity contribution in [2.75, 3.05) is 17.2 Å². The molecule has 8 aromatic rings. The highest BCUT2D eigenvalue weighted by atomic mass is 32.2. The minimum absolute atomic E-state index is 0.00143. The van der Waals surface area contributed by atoms with E-state index in [4.69, 9.17) is 15.3 Å². The van der Waals surface area contributed by atoms with Crippen LogP contribution in [0.4, 0.5) is 49.6 Å². The van der Waals surface area contributed by atoms with E-state index < -0.39 is 69.4 Å². The number of rotatable bonds is 12. The van der Waals surface area contributed by atoms with Crippen molar-refractivity contribution in [3.05, 3.63) is 161 Å². The summed E-state index contributed by atoms with van der Waals surface area (Å²) >= 11 is 0. The fourth-order valence-corrected chi connectivity index (χ4v) is 10.0. The van der Waals surface area contributed by atoms with E-state index in [0.717, 1.165) is 14.7 Å². The summed E-state index contributed by atoms with van der Waals surface area (Å²) < 4.78 is 202. The number of fused-ring (bicyclic) bond motifs is 4. The Morgan fingerprint density at radius 3 is 1.41 bits per heavy atom. The first-order chi connectivity index (χ1) is 37.9. The maximum absolute atomic E-state index is 13.9. The number of Topliss-reactive ketones (excluding diaryl/α,β-unsaturated/α-hetero) is 1. The minimum Gasteiger partial charge on any atom is -0.399 e. The highest BCUT2D eigenvalue weighted by Crippen LogP contribution is 2.46. The smallest absolute Gasteiger partial charge is 0.399 e. The van der Waals surface area contributed by atoms with Crippen molar-refractivity contribution in [2.24, 2.45) is 0 Å². The van der Waals surface area contributed by atoms with E-state index in [1.807, 2.05) is 19.1 Å². The van der Waals surface area contributed by atoms with Crippen molar-refractivity contribution in [3.63, 3.8) is 0 Å². The van der Waals surface area contributed by atoms with Crippen LogP contribution < -0.4 is 24.7 Å². The summed E-state index contributed by atoms with van der Waals surface area (Å²) in [6, 6.07) is 29.2. The van der Waals surface area contributed by atoms with Gasteiger partial charge in [-0.05, 0) is 84.8 Å². The maximum atomic E-state index is 13.9. The maximum Gasteiger partial charge on any atom is 0.586 e. The van der Waals surface area contributed by atoms with Crippen LogP contribution in [0.5, 0.6) is 23.0 Å². The number of carbonyl (C=O) groups excluding carboxylic acids is 3. The molecule has 0 radical (unpaired) electrons. The van der Waals surface area contributed by atoms with Crippen molar-refractivity contribution in [3.8, 4) is 23.0 Å². The van der Waals surface area contributed by atoms with E-state index in [-0.39, 0.29) is 103 Å². The van der Waals surface area contributed by atoms with Gasteiger partial charge >= 0.3 is 31.1 Å². The molecule has 0 saturated carbocycles. The van der Waals surface area contributed by atoms with Crippen LogP contribution in [0.15, 0.2) is 131 Å². The second kappa shape index (κ2) is 23.3. The van der Waals surface area contributed by atoms with Crippen LogP contribution in [-0.2, 0) is 72.3 Å². The number of nitrogens with zero attached hydrogens (tertiary/aromatic N) is 4. The number of aromatic nitrogens is 4. The van der Waals surface area contributed by atoms with E-state index in [2.05, 4.69) is 28.9 Å². The molecule has 4 heterocycles. The number of ether oxygens (including phenoxy) is 4. The lowest BCUT2D eigenvalue weighted by atomic mass is 10.0. The molecule has 0 saturated heterocycles. The number of ketones is 1. The molecule has 0 bridgehead atoms. The van der Waals surface area contributed by atoms with Crippen LogP contribution in [0.2, 0.25) is 0 Å². The van der Waals surface area contributed by atoms with Gasteiger partial charge in [-0.1, -0.05) is 74.0 Å². The number of hydrogen-bond donors (Lipinski definition) is 1. The number of sulfone groups is 2. The molecule has 2 aliphatic rings. The summed E-state index contributed by atoms with van der Waals surface area (Å²) in [5, 5.41) is 0. The highest BCUT2D eigenvalue weighted by molar-refractivity contribution is 7.91. The Bertz CT molecular complexity index is 3900. The van der Waals surface area contributed by atoms with Crippen molar-refractivity contribution in [2.45, 2.75) is 81.4 Å². The largest absolute Gasteiger partial charge is 0.586 e. The molecule has 28 heteroatoms. The number of hydrogen-bond acceptors (Lipinski definition) is 14. The van der Waals surface area contributed by atoms with Crippen molar-refractivity contribution in [1.29, 1.82) is 0 Å².